The Balaban J connectivity index is 1.83. The molecule has 2 atom stereocenters. The van der Waals surface area contributed by atoms with E-state index in [4.69, 9.17) is 4.74 Å². The average Bonchev–Trinajstić information content (AvgIpc) is 2.79. The molecular weight excluding hydrogens is 204 g/mol. The second-order valence-corrected chi connectivity index (χ2v) is 5.56. The summed E-state index contributed by atoms with van der Waals surface area (Å²) in [6.45, 7) is 4.88. The fourth-order valence-electron chi connectivity index (χ4n) is 3.27. The summed E-state index contributed by atoms with van der Waals surface area (Å²) in [4.78, 5) is 13.9. The molecule has 2 saturated heterocycles. The highest BCUT2D eigenvalue weighted by molar-refractivity contribution is 5.71. The molecule has 4 heteroatoms. The fraction of sp³-hybridized carbons (Fsp3) is 0.917. The van der Waals surface area contributed by atoms with Crippen molar-refractivity contribution >= 4 is 6.09 Å². The Morgan fingerprint density at radius 2 is 2.25 bits per heavy atom. The summed E-state index contributed by atoms with van der Waals surface area (Å²) in [6, 6.07) is 0.445. The van der Waals surface area contributed by atoms with Crippen LogP contribution in [0.1, 0.15) is 32.6 Å². The first-order valence-electron chi connectivity index (χ1n) is 6.38. The van der Waals surface area contributed by atoms with Gasteiger partial charge in [-0.15, -0.1) is 0 Å². The first kappa shape index (κ1) is 10.4. The normalized spacial score (nSPS) is 39.9. The maximum Gasteiger partial charge on any atom is 0.410 e. The number of nitrogens with one attached hydrogen (secondary N) is 1. The summed E-state index contributed by atoms with van der Waals surface area (Å²) < 4.78 is 5.31. The number of cyclic esters (lactones) is 1. The van der Waals surface area contributed by atoms with Crippen LogP contribution < -0.4 is 5.32 Å². The highest BCUT2D eigenvalue weighted by Crippen LogP contribution is 2.40. The molecule has 0 spiro atoms. The van der Waals surface area contributed by atoms with Crippen LogP contribution in [0, 0.1) is 5.92 Å². The zero-order chi connectivity index (χ0) is 11.2. The van der Waals surface area contributed by atoms with Crippen molar-refractivity contribution < 1.29 is 9.53 Å². The Hall–Kier alpha value is -0.770. The first-order chi connectivity index (χ1) is 7.72. The van der Waals surface area contributed by atoms with Gasteiger partial charge in [0, 0.05) is 12.6 Å². The van der Waals surface area contributed by atoms with Crippen LogP contribution in [0.25, 0.3) is 0 Å². The molecule has 3 fully saturated rings. The Bertz CT molecular complexity index is 297. The number of carbonyl (C=O) groups is 1. The number of nitrogens with zero attached hydrogens (tertiary/aromatic N) is 1. The number of amides is 1. The van der Waals surface area contributed by atoms with Crippen molar-refractivity contribution in [2.24, 2.45) is 5.92 Å². The molecule has 2 aliphatic heterocycles. The Kier molecular flexibility index (Phi) is 2.35. The van der Waals surface area contributed by atoms with Crippen molar-refractivity contribution in [3.8, 4) is 0 Å². The monoisotopic (exact) mass is 224 g/mol. The molecule has 4 nitrogen and oxygen atoms in total. The minimum atomic E-state index is -0.0842. The fourth-order valence-corrected chi connectivity index (χ4v) is 3.27. The second kappa shape index (κ2) is 3.62. The third kappa shape index (κ3) is 1.35. The van der Waals surface area contributed by atoms with Crippen molar-refractivity contribution in [3.63, 3.8) is 0 Å². The van der Waals surface area contributed by atoms with Gasteiger partial charge in [0.2, 0.25) is 0 Å². The summed E-state index contributed by atoms with van der Waals surface area (Å²) in [5.41, 5.74) is -0.0638. The second-order valence-electron chi connectivity index (χ2n) is 5.56. The van der Waals surface area contributed by atoms with Crippen LogP contribution >= 0.6 is 0 Å². The maximum absolute atomic E-state index is 11.9. The summed E-state index contributed by atoms with van der Waals surface area (Å²) in [5.74, 6) is 0.555. The van der Waals surface area contributed by atoms with E-state index < -0.39 is 0 Å². The topological polar surface area (TPSA) is 41.6 Å². The minimum Gasteiger partial charge on any atom is -0.447 e. The SMILES string of the molecule is CC1(C2CCNC2)COC(=O)N1C1CCC1. The molecule has 3 aliphatic rings. The number of hydrogen-bond acceptors (Lipinski definition) is 3. The number of carbonyl (C=O) groups excluding carboxylic acids is 1. The van der Waals surface area contributed by atoms with E-state index >= 15 is 0 Å². The Morgan fingerprint density at radius 1 is 1.44 bits per heavy atom. The molecule has 0 bridgehead atoms. The van der Waals surface area contributed by atoms with E-state index in [1.807, 2.05) is 4.90 Å². The van der Waals surface area contributed by atoms with Crippen molar-refractivity contribution in [1.29, 1.82) is 0 Å². The summed E-state index contributed by atoms with van der Waals surface area (Å²) in [5, 5.41) is 3.39. The molecule has 1 aliphatic carbocycles. The van der Waals surface area contributed by atoms with Crippen LogP contribution in [0.5, 0.6) is 0 Å². The number of rotatable bonds is 2. The smallest absolute Gasteiger partial charge is 0.410 e. The highest BCUT2D eigenvalue weighted by Gasteiger charge is 2.52. The van der Waals surface area contributed by atoms with E-state index in [1.165, 1.54) is 6.42 Å². The van der Waals surface area contributed by atoms with Crippen molar-refractivity contribution in [1.82, 2.24) is 10.2 Å². The molecule has 1 amide bonds. The van der Waals surface area contributed by atoms with Crippen LogP contribution in [0.3, 0.4) is 0 Å². The molecule has 90 valence electrons. The van der Waals surface area contributed by atoms with Crippen LogP contribution in [0.15, 0.2) is 0 Å². The predicted octanol–water partition coefficient (Wildman–Crippen LogP) is 1.36. The number of ether oxygens (including phenoxy) is 1. The molecule has 0 aromatic carbocycles. The van der Waals surface area contributed by atoms with Gasteiger partial charge in [-0.05, 0) is 45.1 Å². The van der Waals surface area contributed by atoms with Crippen molar-refractivity contribution in [2.45, 2.75) is 44.2 Å². The first-order valence-corrected chi connectivity index (χ1v) is 6.38. The zero-order valence-electron chi connectivity index (χ0n) is 9.87. The van der Waals surface area contributed by atoms with Gasteiger partial charge < -0.3 is 10.1 Å². The lowest BCUT2D eigenvalue weighted by Crippen LogP contribution is -2.57. The molecule has 0 aromatic rings. The third-order valence-corrected chi connectivity index (χ3v) is 4.61. The lowest BCUT2D eigenvalue weighted by atomic mass is 9.80. The molecule has 1 saturated carbocycles. The van der Waals surface area contributed by atoms with Gasteiger partial charge >= 0.3 is 6.09 Å². The molecule has 16 heavy (non-hydrogen) atoms. The van der Waals surface area contributed by atoms with Crippen LogP contribution in [-0.2, 0) is 4.74 Å². The zero-order valence-corrected chi connectivity index (χ0v) is 9.87. The summed E-state index contributed by atoms with van der Waals surface area (Å²) in [6.07, 6.45) is 4.65. The molecule has 1 N–H and O–H groups in total. The molecule has 3 rings (SSSR count). The van der Waals surface area contributed by atoms with E-state index in [-0.39, 0.29) is 11.6 Å². The van der Waals surface area contributed by atoms with Gasteiger partial charge in [-0.3, -0.25) is 4.90 Å². The van der Waals surface area contributed by atoms with Gasteiger partial charge in [-0.2, -0.15) is 0 Å². The predicted molar refractivity (Wildman–Crippen MR) is 60.2 cm³/mol. The van der Waals surface area contributed by atoms with Gasteiger partial charge in [0.25, 0.3) is 0 Å². The summed E-state index contributed by atoms with van der Waals surface area (Å²) in [7, 11) is 0. The third-order valence-electron chi connectivity index (χ3n) is 4.61. The molecule has 2 heterocycles. The Morgan fingerprint density at radius 3 is 2.81 bits per heavy atom. The van der Waals surface area contributed by atoms with Crippen LogP contribution in [0.2, 0.25) is 0 Å². The largest absolute Gasteiger partial charge is 0.447 e. The molecule has 0 radical (unpaired) electrons. The highest BCUT2D eigenvalue weighted by atomic mass is 16.6. The van der Waals surface area contributed by atoms with E-state index in [0.717, 1.165) is 32.4 Å². The minimum absolute atomic E-state index is 0.0638. The number of hydrogen-bond donors (Lipinski definition) is 1. The van der Waals surface area contributed by atoms with E-state index in [9.17, 15) is 4.79 Å². The summed E-state index contributed by atoms with van der Waals surface area (Å²) >= 11 is 0. The van der Waals surface area contributed by atoms with Crippen molar-refractivity contribution in [3.05, 3.63) is 0 Å². The lowest BCUT2D eigenvalue weighted by Gasteiger charge is -2.44. The van der Waals surface area contributed by atoms with Crippen LogP contribution in [0.4, 0.5) is 4.79 Å². The quantitative estimate of drug-likeness (QED) is 0.770. The van der Waals surface area contributed by atoms with Gasteiger partial charge in [-0.25, -0.2) is 4.79 Å². The van der Waals surface area contributed by atoms with E-state index in [1.54, 1.807) is 0 Å². The Labute approximate surface area is 96.3 Å². The van der Waals surface area contributed by atoms with Crippen molar-refractivity contribution in [2.75, 3.05) is 19.7 Å². The molecular formula is C12H20N2O2. The van der Waals surface area contributed by atoms with Gasteiger partial charge in [0.15, 0.2) is 0 Å². The molecule has 0 aromatic heterocycles. The van der Waals surface area contributed by atoms with Crippen LogP contribution in [-0.4, -0.2) is 42.3 Å². The average molecular weight is 224 g/mol. The van der Waals surface area contributed by atoms with Gasteiger partial charge in [-0.1, -0.05) is 0 Å². The van der Waals surface area contributed by atoms with Gasteiger partial charge in [0.05, 0.1) is 5.54 Å². The van der Waals surface area contributed by atoms with Gasteiger partial charge in [0.1, 0.15) is 6.61 Å². The maximum atomic E-state index is 11.9. The molecule has 2 unspecified atom stereocenters. The lowest BCUT2D eigenvalue weighted by molar-refractivity contribution is 0.0540. The van der Waals surface area contributed by atoms with E-state index in [2.05, 4.69) is 12.2 Å². The van der Waals surface area contributed by atoms with E-state index in [0.29, 0.717) is 18.6 Å². The standard InChI is InChI=1S/C12H20N2O2/c1-12(9-5-6-13-7-9)8-16-11(15)14(12)10-3-2-4-10/h9-10,13H,2-8H2,1H3.